The van der Waals surface area contributed by atoms with E-state index in [9.17, 15) is 4.79 Å². The number of carbonyl (C=O) groups is 1. The Bertz CT molecular complexity index is 507. The largest absolute Gasteiger partial charge is 0.444 e. The molecule has 0 aromatic heterocycles. The zero-order chi connectivity index (χ0) is 15.6. The minimum absolute atomic E-state index is 0.157. The van der Waals surface area contributed by atoms with E-state index in [0.29, 0.717) is 13.1 Å². The van der Waals surface area contributed by atoms with Gasteiger partial charge in [0, 0.05) is 30.2 Å². The predicted octanol–water partition coefficient (Wildman–Crippen LogP) is 3.61. The first-order chi connectivity index (χ1) is 9.76. The van der Waals surface area contributed by atoms with E-state index in [1.807, 2.05) is 45.0 Å². The van der Waals surface area contributed by atoms with Crippen molar-refractivity contribution >= 4 is 17.7 Å². The molecular weight excluding hydrogens is 288 g/mol. The lowest BCUT2D eigenvalue weighted by Gasteiger charge is -2.41. The average Bonchev–Trinajstić information content (AvgIpc) is 2.31. The summed E-state index contributed by atoms with van der Waals surface area (Å²) in [6, 6.07) is 8.25. The zero-order valence-electron chi connectivity index (χ0n) is 13.0. The van der Waals surface area contributed by atoms with Crippen LogP contribution in [0.3, 0.4) is 0 Å². The molecule has 2 rings (SSSR count). The number of nitrogens with zero attached hydrogens (tertiary/aromatic N) is 1. The number of ether oxygens (including phenoxy) is 1. The normalized spacial score (nSPS) is 17.3. The van der Waals surface area contributed by atoms with Crippen molar-refractivity contribution in [2.75, 3.05) is 13.1 Å². The molecule has 1 unspecified atom stereocenters. The summed E-state index contributed by atoms with van der Waals surface area (Å²) in [5.74, 6) is 0. The molecule has 1 N–H and O–H groups in total. The van der Waals surface area contributed by atoms with Gasteiger partial charge in [0.25, 0.3) is 0 Å². The Morgan fingerprint density at radius 2 is 2.00 bits per heavy atom. The van der Waals surface area contributed by atoms with Gasteiger partial charge in [0.1, 0.15) is 5.60 Å². The van der Waals surface area contributed by atoms with Crippen molar-refractivity contribution in [1.82, 2.24) is 10.2 Å². The highest BCUT2D eigenvalue weighted by molar-refractivity contribution is 6.31. The molecule has 5 heteroatoms. The van der Waals surface area contributed by atoms with Crippen LogP contribution in [-0.4, -0.2) is 35.7 Å². The molecule has 1 fully saturated rings. The molecule has 0 aliphatic carbocycles. The Kier molecular flexibility index (Phi) is 4.79. The number of likely N-dealkylation sites (tertiary alicyclic amines) is 1. The predicted molar refractivity (Wildman–Crippen MR) is 84.6 cm³/mol. The van der Waals surface area contributed by atoms with Crippen LogP contribution < -0.4 is 5.32 Å². The summed E-state index contributed by atoms with van der Waals surface area (Å²) in [7, 11) is 0. The van der Waals surface area contributed by atoms with Crippen LogP contribution in [0.1, 0.15) is 39.3 Å². The van der Waals surface area contributed by atoms with Crippen molar-refractivity contribution in [3.8, 4) is 0 Å². The highest BCUT2D eigenvalue weighted by atomic mass is 35.5. The lowest BCUT2D eigenvalue weighted by Crippen LogP contribution is -2.60. The number of benzene rings is 1. The van der Waals surface area contributed by atoms with E-state index in [1.54, 1.807) is 4.90 Å². The molecule has 1 aliphatic rings. The molecule has 1 aromatic rings. The zero-order valence-corrected chi connectivity index (χ0v) is 13.8. The number of carbonyl (C=O) groups excluding carboxylic acids is 1. The van der Waals surface area contributed by atoms with Crippen molar-refractivity contribution in [2.24, 2.45) is 0 Å². The Morgan fingerprint density at radius 3 is 2.57 bits per heavy atom. The van der Waals surface area contributed by atoms with Gasteiger partial charge in [0.15, 0.2) is 0 Å². The molecule has 0 spiro atoms. The third-order valence-corrected chi connectivity index (χ3v) is 3.73. The van der Waals surface area contributed by atoms with Crippen molar-refractivity contribution in [3.05, 3.63) is 34.9 Å². The van der Waals surface area contributed by atoms with Crippen LogP contribution in [0.4, 0.5) is 4.79 Å². The molecular formula is C16H23ClN2O2. The number of halogens is 1. The quantitative estimate of drug-likeness (QED) is 0.927. The van der Waals surface area contributed by atoms with Crippen molar-refractivity contribution < 1.29 is 9.53 Å². The van der Waals surface area contributed by atoms with Gasteiger partial charge in [-0.2, -0.15) is 0 Å². The average molecular weight is 311 g/mol. The summed E-state index contributed by atoms with van der Waals surface area (Å²) in [5.41, 5.74) is 0.635. The maximum absolute atomic E-state index is 11.9. The summed E-state index contributed by atoms with van der Waals surface area (Å²) in [5, 5.41) is 4.25. The lowest BCUT2D eigenvalue weighted by molar-refractivity contribution is 0.00434. The molecule has 1 heterocycles. The number of amides is 1. The van der Waals surface area contributed by atoms with Gasteiger partial charge in [-0.05, 0) is 39.3 Å². The summed E-state index contributed by atoms with van der Waals surface area (Å²) in [4.78, 5) is 13.6. The van der Waals surface area contributed by atoms with E-state index in [1.165, 1.54) is 0 Å². The molecule has 116 valence electrons. The van der Waals surface area contributed by atoms with Gasteiger partial charge in [-0.25, -0.2) is 4.79 Å². The summed E-state index contributed by atoms with van der Waals surface area (Å²) in [6.45, 7) is 9.05. The minimum atomic E-state index is -0.444. The maximum atomic E-state index is 11.9. The fourth-order valence-corrected chi connectivity index (χ4v) is 2.63. The monoisotopic (exact) mass is 310 g/mol. The van der Waals surface area contributed by atoms with Crippen LogP contribution in [0.2, 0.25) is 5.02 Å². The van der Waals surface area contributed by atoms with Crippen LogP contribution in [0.15, 0.2) is 24.3 Å². The molecule has 1 atom stereocenters. The number of hydrogen-bond acceptors (Lipinski definition) is 3. The second-order valence-corrected chi connectivity index (χ2v) is 6.90. The molecule has 0 saturated carbocycles. The molecule has 1 saturated heterocycles. The summed E-state index contributed by atoms with van der Waals surface area (Å²) in [6.07, 6.45) is -0.244. The van der Waals surface area contributed by atoms with Crippen LogP contribution in [0, 0.1) is 0 Å². The van der Waals surface area contributed by atoms with E-state index >= 15 is 0 Å². The number of rotatable bonds is 3. The molecule has 0 bridgehead atoms. The lowest BCUT2D eigenvalue weighted by atomic mass is 10.0. The van der Waals surface area contributed by atoms with Gasteiger partial charge < -0.3 is 15.0 Å². The van der Waals surface area contributed by atoms with Crippen LogP contribution in [0.5, 0.6) is 0 Å². The van der Waals surface area contributed by atoms with E-state index < -0.39 is 5.60 Å². The second kappa shape index (κ2) is 6.24. The van der Waals surface area contributed by atoms with Crippen molar-refractivity contribution in [1.29, 1.82) is 0 Å². The second-order valence-electron chi connectivity index (χ2n) is 6.49. The molecule has 4 nitrogen and oxygen atoms in total. The third kappa shape index (κ3) is 4.35. The van der Waals surface area contributed by atoms with Crippen LogP contribution >= 0.6 is 11.6 Å². The van der Waals surface area contributed by atoms with E-state index in [4.69, 9.17) is 16.3 Å². The smallest absolute Gasteiger partial charge is 0.410 e. The first-order valence-corrected chi connectivity index (χ1v) is 7.62. The Balaban J connectivity index is 1.81. The molecule has 1 amide bonds. The third-order valence-electron chi connectivity index (χ3n) is 3.39. The Labute approximate surface area is 131 Å². The maximum Gasteiger partial charge on any atom is 0.410 e. The topological polar surface area (TPSA) is 41.6 Å². The van der Waals surface area contributed by atoms with Gasteiger partial charge in [0.05, 0.1) is 0 Å². The van der Waals surface area contributed by atoms with Gasteiger partial charge >= 0.3 is 6.09 Å². The van der Waals surface area contributed by atoms with Gasteiger partial charge in [-0.1, -0.05) is 29.8 Å². The summed E-state index contributed by atoms with van der Waals surface area (Å²) < 4.78 is 5.34. The molecule has 1 aliphatic heterocycles. The van der Waals surface area contributed by atoms with Crippen LogP contribution in [0.25, 0.3) is 0 Å². The van der Waals surface area contributed by atoms with Gasteiger partial charge in [-0.15, -0.1) is 0 Å². The van der Waals surface area contributed by atoms with Crippen LogP contribution in [-0.2, 0) is 4.74 Å². The standard InChI is InChI=1S/C16H23ClN2O2/c1-11(13-7-5-6-8-14(13)17)18-12-9-19(10-12)15(20)21-16(2,3)4/h5-8,11-12,18H,9-10H2,1-4H3. The highest BCUT2D eigenvalue weighted by Gasteiger charge is 2.34. The number of hydrogen-bond donors (Lipinski definition) is 1. The minimum Gasteiger partial charge on any atom is -0.444 e. The van der Waals surface area contributed by atoms with Crippen molar-refractivity contribution in [2.45, 2.75) is 45.4 Å². The molecule has 21 heavy (non-hydrogen) atoms. The van der Waals surface area contributed by atoms with E-state index in [2.05, 4.69) is 12.2 Å². The number of nitrogens with one attached hydrogen (secondary N) is 1. The molecule has 1 aromatic carbocycles. The first kappa shape index (κ1) is 16.1. The van der Waals surface area contributed by atoms with E-state index in [-0.39, 0.29) is 18.2 Å². The van der Waals surface area contributed by atoms with Gasteiger partial charge in [-0.3, -0.25) is 0 Å². The molecule has 0 radical (unpaired) electrons. The first-order valence-electron chi connectivity index (χ1n) is 7.24. The Morgan fingerprint density at radius 1 is 1.38 bits per heavy atom. The fourth-order valence-electron chi connectivity index (χ4n) is 2.33. The van der Waals surface area contributed by atoms with Crippen molar-refractivity contribution in [3.63, 3.8) is 0 Å². The van der Waals surface area contributed by atoms with Gasteiger partial charge in [0.2, 0.25) is 0 Å². The fraction of sp³-hybridized carbons (Fsp3) is 0.562. The Hall–Kier alpha value is -1.26. The highest BCUT2D eigenvalue weighted by Crippen LogP contribution is 2.24. The summed E-state index contributed by atoms with van der Waals surface area (Å²) >= 11 is 6.19. The SMILES string of the molecule is CC(NC1CN(C(=O)OC(C)(C)C)C1)c1ccccc1Cl. The van der Waals surface area contributed by atoms with E-state index in [0.717, 1.165) is 10.6 Å².